The summed E-state index contributed by atoms with van der Waals surface area (Å²) in [6.45, 7) is 1.98. The number of carboxylic acids is 1. The van der Waals surface area contributed by atoms with Gasteiger partial charge in [-0.05, 0) is 24.1 Å². The Bertz CT molecular complexity index is 436. The molecule has 2 rings (SSSR count). The third kappa shape index (κ3) is 2.56. The Morgan fingerprint density at radius 2 is 2.35 bits per heavy atom. The Morgan fingerprint density at radius 1 is 1.59 bits per heavy atom. The van der Waals surface area contributed by atoms with Gasteiger partial charge in [0, 0.05) is 5.75 Å². The van der Waals surface area contributed by atoms with Crippen LogP contribution >= 0.6 is 11.8 Å². The summed E-state index contributed by atoms with van der Waals surface area (Å²) in [6.07, 6.45) is 0. The predicted octanol–water partition coefficient (Wildman–Crippen LogP) is 1.79. The van der Waals surface area contributed by atoms with Gasteiger partial charge in [0.25, 0.3) is 0 Å². The van der Waals surface area contributed by atoms with Crippen LogP contribution in [-0.2, 0) is 4.79 Å². The molecule has 2 atom stereocenters. The fourth-order valence-electron chi connectivity index (χ4n) is 1.81. The molecular weight excluding hydrogens is 238 g/mol. The monoisotopic (exact) mass is 253 g/mol. The first kappa shape index (κ1) is 12.3. The summed E-state index contributed by atoms with van der Waals surface area (Å²) in [6, 6.07) is 5.50. The van der Waals surface area contributed by atoms with Crippen LogP contribution in [0.2, 0.25) is 0 Å². The minimum atomic E-state index is -0.793. The Hall–Kier alpha value is -1.20. The van der Waals surface area contributed by atoms with E-state index in [9.17, 15) is 4.79 Å². The van der Waals surface area contributed by atoms with Gasteiger partial charge in [-0.15, -0.1) is 11.8 Å². The average molecular weight is 253 g/mol. The van der Waals surface area contributed by atoms with Gasteiger partial charge >= 0.3 is 5.97 Å². The second-order valence-corrected chi connectivity index (χ2v) is 5.14. The molecule has 0 radical (unpaired) electrons. The summed E-state index contributed by atoms with van der Waals surface area (Å²) < 4.78 is 5.27. The molecule has 0 amide bonds. The molecule has 17 heavy (non-hydrogen) atoms. The van der Waals surface area contributed by atoms with Gasteiger partial charge in [0.15, 0.2) is 0 Å². The van der Waals surface area contributed by atoms with E-state index in [4.69, 9.17) is 9.84 Å². The molecule has 1 aromatic carbocycles. The van der Waals surface area contributed by atoms with Crippen LogP contribution in [0.15, 0.2) is 18.2 Å². The fraction of sp³-hybridized carbons (Fsp3) is 0.417. The zero-order chi connectivity index (χ0) is 12.4. The third-order valence-electron chi connectivity index (χ3n) is 2.82. The zero-order valence-corrected chi connectivity index (χ0v) is 10.6. The summed E-state index contributed by atoms with van der Waals surface area (Å²) >= 11 is 1.61. The van der Waals surface area contributed by atoms with E-state index in [1.165, 1.54) is 0 Å². The molecule has 4 nitrogen and oxygen atoms in total. The lowest BCUT2D eigenvalue weighted by molar-refractivity contribution is -0.138. The maximum atomic E-state index is 10.9. The Morgan fingerprint density at radius 3 is 2.94 bits per heavy atom. The van der Waals surface area contributed by atoms with E-state index in [0.717, 1.165) is 16.9 Å². The van der Waals surface area contributed by atoms with Crippen LogP contribution in [0.4, 0.5) is 0 Å². The van der Waals surface area contributed by atoms with Crippen LogP contribution in [0.5, 0.6) is 5.75 Å². The largest absolute Gasteiger partial charge is 0.496 e. The van der Waals surface area contributed by atoms with Gasteiger partial charge in [-0.2, -0.15) is 0 Å². The van der Waals surface area contributed by atoms with Crippen molar-refractivity contribution in [3.05, 3.63) is 29.3 Å². The number of methoxy groups -OCH3 is 1. The van der Waals surface area contributed by atoms with Crippen LogP contribution in [0.25, 0.3) is 0 Å². The highest BCUT2D eigenvalue weighted by Gasteiger charge is 2.30. The van der Waals surface area contributed by atoms with E-state index in [1.54, 1.807) is 18.9 Å². The maximum absolute atomic E-state index is 10.9. The Kier molecular flexibility index (Phi) is 3.59. The Balaban J connectivity index is 2.16. The molecule has 1 aliphatic heterocycles. The smallest absolute Gasteiger partial charge is 0.321 e. The summed E-state index contributed by atoms with van der Waals surface area (Å²) in [4.78, 5) is 10.9. The van der Waals surface area contributed by atoms with Crippen LogP contribution in [0, 0.1) is 6.92 Å². The van der Waals surface area contributed by atoms with Crippen molar-refractivity contribution in [2.24, 2.45) is 0 Å². The number of benzene rings is 1. The second kappa shape index (κ2) is 4.98. The molecule has 0 aliphatic carbocycles. The molecule has 1 saturated heterocycles. The average Bonchev–Trinajstić information content (AvgIpc) is 2.79. The standard InChI is InChI=1S/C12H15NO3S/c1-7-3-4-8(5-10(7)16-2)11-13-9(6-17-11)12(14)15/h3-5,9,11,13H,6H2,1-2H3,(H,14,15). The normalized spacial score (nSPS) is 23.6. The molecule has 0 spiro atoms. The van der Waals surface area contributed by atoms with Gasteiger partial charge in [-0.25, -0.2) is 0 Å². The number of ether oxygens (including phenoxy) is 1. The molecule has 92 valence electrons. The van der Waals surface area contributed by atoms with Crippen molar-refractivity contribution < 1.29 is 14.6 Å². The fourth-order valence-corrected chi connectivity index (χ4v) is 3.03. The summed E-state index contributed by atoms with van der Waals surface area (Å²) in [5.74, 6) is 0.638. The molecule has 1 heterocycles. The van der Waals surface area contributed by atoms with Crippen LogP contribution in [-0.4, -0.2) is 30.0 Å². The van der Waals surface area contributed by atoms with E-state index in [0.29, 0.717) is 5.75 Å². The number of carbonyl (C=O) groups is 1. The lowest BCUT2D eigenvalue weighted by Gasteiger charge is -2.13. The van der Waals surface area contributed by atoms with Gasteiger partial charge in [0.05, 0.1) is 12.5 Å². The number of carboxylic acid groups (broad SMARTS) is 1. The van der Waals surface area contributed by atoms with Gasteiger partial charge in [-0.1, -0.05) is 12.1 Å². The SMILES string of the molecule is COc1cc(C2NC(C(=O)O)CS2)ccc1C. The molecule has 1 aromatic rings. The molecular formula is C12H15NO3S. The molecule has 1 aliphatic rings. The number of hydrogen-bond acceptors (Lipinski definition) is 4. The third-order valence-corrected chi connectivity index (χ3v) is 4.08. The number of hydrogen-bond donors (Lipinski definition) is 2. The Labute approximate surface area is 104 Å². The van der Waals surface area contributed by atoms with Crippen LogP contribution in [0.1, 0.15) is 16.5 Å². The van der Waals surface area contributed by atoms with Crippen molar-refractivity contribution in [2.45, 2.75) is 18.3 Å². The van der Waals surface area contributed by atoms with Crippen molar-refractivity contribution in [3.63, 3.8) is 0 Å². The van der Waals surface area contributed by atoms with Crippen molar-refractivity contribution >= 4 is 17.7 Å². The quantitative estimate of drug-likeness (QED) is 0.860. The van der Waals surface area contributed by atoms with Crippen molar-refractivity contribution in [3.8, 4) is 5.75 Å². The first-order valence-corrected chi connectivity index (χ1v) is 6.41. The summed E-state index contributed by atoms with van der Waals surface area (Å²) in [7, 11) is 1.64. The number of aliphatic carboxylic acids is 1. The minimum absolute atomic E-state index is 0.0330. The topological polar surface area (TPSA) is 58.6 Å². The highest BCUT2D eigenvalue weighted by Crippen LogP contribution is 2.35. The van der Waals surface area contributed by atoms with Crippen molar-refractivity contribution in [1.82, 2.24) is 5.32 Å². The van der Waals surface area contributed by atoms with Crippen LogP contribution < -0.4 is 10.1 Å². The van der Waals surface area contributed by atoms with Crippen molar-refractivity contribution in [1.29, 1.82) is 0 Å². The van der Waals surface area contributed by atoms with E-state index in [-0.39, 0.29) is 5.37 Å². The summed E-state index contributed by atoms with van der Waals surface area (Å²) in [5.41, 5.74) is 2.13. The minimum Gasteiger partial charge on any atom is -0.496 e. The molecule has 0 bridgehead atoms. The molecule has 1 fully saturated rings. The molecule has 0 saturated carbocycles. The predicted molar refractivity (Wildman–Crippen MR) is 67.5 cm³/mol. The van der Waals surface area contributed by atoms with E-state index in [1.807, 2.05) is 25.1 Å². The molecule has 2 N–H and O–H groups in total. The molecule has 2 unspecified atom stereocenters. The van der Waals surface area contributed by atoms with E-state index >= 15 is 0 Å². The number of aryl methyl sites for hydroxylation is 1. The first-order valence-electron chi connectivity index (χ1n) is 5.37. The van der Waals surface area contributed by atoms with Gasteiger partial charge in [0.2, 0.25) is 0 Å². The van der Waals surface area contributed by atoms with Crippen LogP contribution in [0.3, 0.4) is 0 Å². The van der Waals surface area contributed by atoms with E-state index in [2.05, 4.69) is 5.32 Å². The van der Waals surface area contributed by atoms with E-state index < -0.39 is 12.0 Å². The first-order chi connectivity index (χ1) is 8.11. The zero-order valence-electron chi connectivity index (χ0n) is 9.77. The van der Waals surface area contributed by atoms with Gasteiger partial charge in [0.1, 0.15) is 11.8 Å². The van der Waals surface area contributed by atoms with Gasteiger partial charge in [-0.3, -0.25) is 10.1 Å². The number of thioether (sulfide) groups is 1. The lowest BCUT2D eigenvalue weighted by atomic mass is 10.1. The highest BCUT2D eigenvalue weighted by molar-refractivity contribution is 7.99. The second-order valence-electron chi connectivity index (χ2n) is 4.00. The number of nitrogens with one attached hydrogen (secondary N) is 1. The maximum Gasteiger partial charge on any atom is 0.321 e. The molecule has 0 aromatic heterocycles. The number of rotatable bonds is 3. The molecule has 5 heteroatoms. The van der Waals surface area contributed by atoms with Crippen molar-refractivity contribution in [2.75, 3.05) is 12.9 Å². The highest BCUT2D eigenvalue weighted by atomic mass is 32.2. The van der Waals surface area contributed by atoms with Gasteiger partial charge < -0.3 is 9.84 Å². The lowest BCUT2D eigenvalue weighted by Crippen LogP contribution is -2.33. The summed E-state index contributed by atoms with van der Waals surface area (Å²) in [5, 5.41) is 12.0.